The van der Waals surface area contributed by atoms with Gasteiger partial charge in [0.1, 0.15) is 6.10 Å². The van der Waals surface area contributed by atoms with Gasteiger partial charge < -0.3 is 15.6 Å². The van der Waals surface area contributed by atoms with Crippen LogP contribution in [-0.4, -0.2) is 23.4 Å². The Morgan fingerprint density at radius 3 is 2.67 bits per heavy atom. The molecule has 0 saturated heterocycles. The standard InChI is InChI=1S/C8H17NO3/c1-3-4-5-7(10)6(2)12-8(9)11/h6-7,10H,3-5H2,1-2H3,(H2,9,11). The van der Waals surface area contributed by atoms with Crippen LogP contribution in [0, 0.1) is 0 Å². The van der Waals surface area contributed by atoms with E-state index in [1.165, 1.54) is 0 Å². The lowest BCUT2D eigenvalue weighted by Gasteiger charge is -2.17. The summed E-state index contributed by atoms with van der Waals surface area (Å²) in [5, 5.41) is 9.36. The van der Waals surface area contributed by atoms with Crippen LogP contribution in [0.2, 0.25) is 0 Å². The number of nitrogens with two attached hydrogens (primary N) is 1. The lowest BCUT2D eigenvalue weighted by molar-refractivity contribution is 0.0116. The molecule has 0 rings (SSSR count). The Kier molecular flexibility index (Phi) is 5.45. The van der Waals surface area contributed by atoms with Gasteiger partial charge in [-0.1, -0.05) is 19.8 Å². The summed E-state index contributed by atoms with van der Waals surface area (Å²) in [5.41, 5.74) is 4.79. The van der Waals surface area contributed by atoms with Gasteiger partial charge in [-0.05, 0) is 13.3 Å². The van der Waals surface area contributed by atoms with Crippen molar-refractivity contribution in [3.63, 3.8) is 0 Å². The summed E-state index contributed by atoms with van der Waals surface area (Å²) in [5.74, 6) is 0. The van der Waals surface area contributed by atoms with Gasteiger partial charge >= 0.3 is 6.09 Å². The molecule has 0 aliphatic carbocycles. The summed E-state index contributed by atoms with van der Waals surface area (Å²) in [6, 6.07) is 0. The zero-order valence-electron chi connectivity index (χ0n) is 7.62. The number of carbonyl (C=O) groups excluding carboxylic acids is 1. The van der Waals surface area contributed by atoms with Crippen LogP contribution in [0.25, 0.3) is 0 Å². The molecule has 4 nitrogen and oxygen atoms in total. The SMILES string of the molecule is CCCCC(O)C(C)OC(N)=O. The van der Waals surface area contributed by atoms with Crippen molar-refractivity contribution in [2.45, 2.75) is 45.3 Å². The number of amides is 1. The third-order valence-corrected chi connectivity index (χ3v) is 1.70. The topological polar surface area (TPSA) is 72.6 Å². The van der Waals surface area contributed by atoms with E-state index in [1.807, 2.05) is 6.92 Å². The highest BCUT2D eigenvalue weighted by atomic mass is 16.6. The monoisotopic (exact) mass is 175 g/mol. The molecule has 0 spiro atoms. The highest BCUT2D eigenvalue weighted by Gasteiger charge is 2.15. The van der Waals surface area contributed by atoms with Crippen LogP contribution in [0.5, 0.6) is 0 Å². The van der Waals surface area contributed by atoms with Gasteiger partial charge in [-0.25, -0.2) is 4.79 Å². The minimum absolute atomic E-state index is 0.506. The number of carbonyl (C=O) groups is 1. The van der Waals surface area contributed by atoms with Crippen LogP contribution in [0.3, 0.4) is 0 Å². The quantitative estimate of drug-likeness (QED) is 0.655. The van der Waals surface area contributed by atoms with E-state index in [0.717, 1.165) is 12.8 Å². The second kappa shape index (κ2) is 5.83. The molecule has 0 aliphatic heterocycles. The molecule has 0 bridgehead atoms. The van der Waals surface area contributed by atoms with E-state index >= 15 is 0 Å². The van der Waals surface area contributed by atoms with Crippen molar-refractivity contribution in [2.75, 3.05) is 0 Å². The van der Waals surface area contributed by atoms with E-state index in [2.05, 4.69) is 4.74 Å². The number of hydrogen-bond donors (Lipinski definition) is 2. The average molecular weight is 175 g/mol. The number of hydrogen-bond acceptors (Lipinski definition) is 3. The molecule has 4 heteroatoms. The smallest absolute Gasteiger partial charge is 0.404 e. The molecule has 1 amide bonds. The van der Waals surface area contributed by atoms with Crippen molar-refractivity contribution in [2.24, 2.45) is 5.73 Å². The highest BCUT2D eigenvalue weighted by molar-refractivity contribution is 5.64. The van der Waals surface area contributed by atoms with E-state index in [9.17, 15) is 9.90 Å². The summed E-state index contributed by atoms with van der Waals surface area (Å²) in [7, 11) is 0. The van der Waals surface area contributed by atoms with Gasteiger partial charge in [0.2, 0.25) is 0 Å². The van der Waals surface area contributed by atoms with Crippen LogP contribution >= 0.6 is 0 Å². The van der Waals surface area contributed by atoms with Gasteiger partial charge in [-0.2, -0.15) is 0 Å². The minimum Gasteiger partial charge on any atom is -0.444 e. The van der Waals surface area contributed by atoms with E-state index in [0.29, 0.717) is 6.42 Å². The van der Waals surface area contributed by atoms with Crippen molar-refractivity contribution in [1.29, 1.82) is 0 Å². The zero-order chi connectivity index (χ0) is 9.56. The number of aliphatic hydroxyl groups is 1. The maximum absolute atomic E-state index is 10.3. The normalized spacial score (nSPS) is 15.2. The maximum atomic E-state index is 10.3. The first-order valence-corrected chi connectivity index (χ1v) is 4.22. The predicted molar refractivity (Wildman–Crippen MR) is 45.7 cm³/mol. The van der Waals surface area contributed by atoms with Gasteiger partial charge in [-0.15, -0.1) is 0 Å². The molecule has 0 aromatic rings. The molecular formula is C8H17NO3. The minimum atomic E-state index is -0.835. The first-order chi connectivity index (χ1) is 5.57. The Hall–Kier alpha value is -0.770. The molecule has 0 heterocycles. The van der Waals surface area contributed by atoms with Crippen molar-refractivity contribution >= 4 is 6.09 Å². The molecule has 0 saturated carbocycles. The van der Waals surface area contributed by atoms with Gasteiger partial charge in [0, 0.05) is 0 Å². The van der Waals surface area contributed by atoms with Gasteiger partial charge in [-0.3, -0.25) is 0 Å². The van der Waals surface area contributed by atoms with E-state index in [1.54, 1.807) is 6.92 Å². The third kappa shape index (κ3) is 4.96. The Balaban J connectivity index is 3.60. The summed E-state index contributed by atoms with van der Waals surface area (Å²) in [4.78, 5) is 10.3. The third-order valence-electron chi connectivity index (χ3n) is 1.70. The van der Waals surface area contributed by atoms with Crippen molar-refractivity contribution in [3.8, 4) is 0 Å². The fourth-order valence-corrected chi connectivity index (χ4v) is 0.910. The van der Waals surface area contributed by atoms with Crippen LogP contribution < -0.4 is 5.73 Å². The second-order valence-corrected chi connectivity index (χ2v) is 2.85. The van der Waals surface area contributed by atoms with Gasteiger partial charge in [0.25, 0.3) is 0 Å². The van der Waals surface area contributed by atoms with Crippen LogP contribution in [0.15, 0.2) is 0 Å². The zero-order valence-corrected chi connectivity index (χ0v) is 7.62. The number of ether oxygens (including phenoxy) is 1. The van der Waals surface area contributed by atoms with Crippen molar-refractivity contribution < 1.29 is 14.6 Å². The summed E-state index contributed by atoms with van der Waals surface area (Å²) < 4.78 is 4.60. The molecule has 2 atom stereocenters. The fourth-order valence-electron chi connectivity index (χ4n) is 0.910. The fraction of sp³-hybridized carbons (Fsp3) is 0.875. The Bertz CT molecular complexity index is 138. The van der Waals surface area contributed by atoms with Gasteiger partial charge in [0.15, 0.2) is 0 Å². The Labute approximate surface area is 72.7 Å². The largest absolute Gasteiger partial charge is 0.444 e. The summed E-state index contributed by atoms with van der Waals surface area (Å²) in [6.07, 6.45) is 0.642. The van der Waals surface area contributed by atoms with Crippen LogP contribution in [0.1, 0.15) is 33.1 Å². The maximum Gasteiger partial charge on any atom is 0.404 e. The summed E-state index contributed by atoms with van der Waals surface area (Å²) >= 11 is 0. The predicted octanol–water partition coefficient (Wildman–Crippen LogP) is 1.02. The van der Waals surface area contributed by atoms with E-state index < -0.39 is 18.3 Å². The van der Waals surface area contributed by atoms with Gasteiger partial charge in [0.05, 0.1) is 6.10 Å². The molecular weight excluding hydrogens is 158 g/mol. The molecule has 0 fully saturated rings. The lowest BCUT2D eigenvalue weighted by Crippen LogP contribution is -2.30. The van der Waals surface area contributed by atoms with Crippen molar-refractivity contribution in [3.05, 3.63) is 0 Å². The molecule has 0 aromatic heterocycles. The molecule has 3 N–H and O–H groups in total. The average Bonchev–Trinajstić information content (AvgIpc) is 1.98. The number of unbranched alkanes of at least 4 members (excludes halogenated alkanes) is 1. The van der Waals surface area contributed by atoms with E-state index in [-0.39, 0.29) is 0 Å². The molecule has 0 aromatic carbocycles. The molecule has 12 heavy (non-hydrogen) atoms. The number of primary amides is 1. The number of aliphatic hydroxyl groups excluding tert-OH is 1. The Morgan fingerprint density at radius 2 is 2.25 bits per heavy atom. The van der Waals surface area contributed by atoms with Crippen LogP contribution in [-0.2, 0) is 4.74 Å². The molecule has 0 radical (unpaired) electrons. The second-order valence-electron chi connectivity index (χ2n) is 2.85. The van der Waals surface area contributed by atoms with Crippen molar-refractivity contribution in [1.82, 2.24) is 0 Å². The Morgan fingerprint density at radius 1 is 1.67 bits per heavy atom. The first-order valence-electron chi connectivity index (χ1n) is 4.22. The molecule has 2 unspecified atom stereocenters. The summed E-state index contributed by atoms with van der Waals surface area (Å²) in [6.45, 7) is 3.66. The van der Waals surface area contributed by atoms with E-state index in [4.69, 9.17) is 5.73 Å². The highest BCUT2D eigenvalue weighted by Crippen LogP contribution is 2.07. The first kappa shape index (κ1) is 11.2. The number of rotatable bonds is 5. The molecule has 0 aliphatic rings. The molecule has 72 valence electrons. The lowest BCUT2D eigenvalue weighted by atomic mass is 10.1. The van der Waals surface area contributed by atoms with Crippen LogP contribution in [0.4, 0.5) is 4.79 Å².